The van der Waals surface area contributed by atoms with Gasteiger partial charge in [0.15, 0.2) is 0 Å². The SMILES string of the molecule is COCCOCCCNC(=O)c1ccc(OC)c(S(=O)(=O)Nc2ccc(C)cc2)c1. The van der Waals surface area contributed by atoms with E-state index in [9.17, 15) is 13.2 Å². The number of carbonyl (C=O) groups is 1. The van der Waals surface area contributed by atoms with Gasteiger partial charge in [0, 0.05) is 31.5 Å². The second kappa shape index (κ2) is 11.5. The van der Waals surface area contributed by atoms with Crippen LogP contribution >= 0.6 is 0 Å². The molecule has 2 N–H and O–H groups in total. The molecule has 0 atom stereocenters. The minimum atomic E-state index is -3.95. The molecule has 9 heteroatoms. The highest BCUT2D eigenvalue weighted by molar-refractivity contribution is 7.92. The summed E-state index contributed by atoms with van der Waals surface area (Å²) in [5.74, 6) is -0.223. The molecule has 0 aliphatic rings. The molecular weight excluding hydrogens is 408 g/mol. The molecule has 2 rings (SSSR count). The van der Waals surface area contributed by atoms with Crippen LogP contribution in [-0.2, 0) is 19.5 Å². The van der Waals surface area contributed by atoms with Crippen molar-refractivity contribution in [2.75, 3.05) is 45.3 Å². The Morgan fingerprint density at radius 2 is 1.73 bits per heavy atom. The zero-order valence-electron chi connectivity index (χ0n) is 17.4. The first kappa shape index (κ1) is 23.7. The first-order chi connectivity index (χ1) is 14.4. The number of hydrogen-bond donors (Lipinski definition) is 2. The summed E-state index contributed by atoms with van der Waals surface area (Å²) in [5.41, 5.74) is 1.66. The summed E-state index contributed by atoms with van der Waals surface area (Å²) < 4.78 is 43.7. The van der Waals surface area contributed by atoms with Crippen molar-refractivity contribution in [1.82, 2.24) is 5.32 Å². The lowest BCUT2D eigenvalue weighted by Crippen LogP contribution is -2.26. The Bertz CT molecular complexity index is 929. The van der Waals surface area contributed by atoms with Crippen LogP contribution in [0.4, 0.5) is 5.69 Å². The third-order valence-electron chi connectivity index (χ3n) is 4.20. The van der Waals surface area contributed by atoms with E-state index in [0.717, 1.165) is 5.56 Å². The molecule has 0 aliphatic carbocycles. The number of ether oxygens (including phenoxy) is 3. The number of sulfonamides is 1. The van der Waals surface area contributed by atoms with Gasteiger partial charge in [0.1, 0.15) is 10.6 Å². The van der Waals surface area contributed by atoms with Gasteiger partial charge in [0.05, 0.1) is 20.3 Å². The van der Waals surface area contributed by atoms with Crippen LogP contribution in [0.15, 0.2) is 47.4 Å². The third kappa shape index (κ3) is 7.01. The molecule has 1 amide bonds. The van der Waals surface area contributed by atoms with E-state index < -0.39 is 10.0 Å². The van der Waals surface area contributed by atoms with Gasteiger partial charge in [-0.2, -0.15) is 0 Å². The molecule has 0 bridgehead atoms. The number of benzene rings is 2. The number of amides is 1. The Kier molecular flexibility index (Phi) is 9.10. The van der Waals surface area contributed by atoms with Crippen molar-refractivity contribution in [3.8, 4) is 5.75 Å². The molecule has 164 valence electrons. The standard InChI is InChI=1S/C21H28N2O6S/c1-16-5-8-18(9-6-16)23-30(25,26)20-15-17(7-10-19(20)28-3)21(24)22-11-4-12-29-14-13-27-2/h5-10,15,23H,4,11-14H2,1-3H3,(H,22,24). The lowest BCUT2D eigenvalue weighted by molar-refractivity contribution is 0.0688. The number of methoxy groups -OCH3 is 2. The molecule has 0 fully saturated rings. The van der Waals surface area contributed by atoms with Crippen LogP contribution in [0.5, 0.6) is 5.75 Å². The number of carbonyl (C=O) groups excluding carboxylic acids is 1. The molecule has 0 unspecified atom stereocenters. The van der Waals surface area contributed by atoms with Crippen molar-refractivity contribution < 1.29 is 27.4 Å². The molecule has 0 heterocycles. The zero-order chi connectivity index (χ0) is 22.0. The van der Waals surface area contributed by atoms with Gasteiger partial charge in [-0.1, -0.05) is 17.7 Å². The van der Waals surface area contributed by atoms with E-state index >= 15 is 0 Å². The summed E-state index contributed by atoms with van der Waals surface area (Å²) in [6.45, 7) is 3.83. The zero-order valence-corrected chi connectivity index (χ0v) is 18.3. The van der Waals surface area contributed by atoms with E-state index in [1.807, 2.05) is 6.92 Å². The Morgan fingerprint density at radius 1 is 1.00 bits per heavy atom. The minimum absolute atomic E-state index is 0.110. The maximum absolute atomic E-state index is 12.9. The molecule has 0 radical (unpaired) electrons. The second-order valence-corrected chi connectivity index (χ2v) is 8.20. The fourth-order valence-corrected chi connectivity index (χ4v) is 3.84. The van der Waals surface area contributed by atoms with E-state index in [-0.39, 0.29) is 22.1 Å². The first-order valence-corrected chi connectivity index (χ1v) is 11.0. The number of nitrogens with one attached hydrogen (secondary N) is 2. The molecule has 30 heavy (non-hydrogen) atoms. The summed E-state index contributed by atoms with van der Waals surface area (Å²) in [6.07, 6.45) is 0.631. The summed E-state index contributed by atoms with van der Waals surface area (Å²) in [6, 6.07) is 11.2. The molecule has 0 saturated carbocycles. The van der Waals surface area contributed by atoms with Crippen LogP contribution in [0.3, 0.4) is 0 Å². The Hall–Kier alpha value is -2.62. The van der Waals surface area contributed by atoms with Crippen molar-refractivity contribution in [2.24, 2.45) is 0 Å². The van der Waals surface area contributed by atoms with Crippen LogP contribution in [0.25, 0.3) is 0 Å². The smallest absolute Gasteiger partial charge is 0.265 e. The largest absolute Gasteiger partial charge is 0.495 e. The Balaban J connectivity index is 2.06. The quantitative estimate of drug-likeness (QED) is 0.496. The van der Waals surface area contributed by atoms with Gasteiger partial charge in [-0.25, -0.2) is 8.42 Å². The van der Waals surface area contributed by atoms with E-state index in [1.165, 1.54) is 25.3 Å². The monoisotopic (exact) mass is 436 g/mol. The lowest BCUT2D eigenvalue weighted by atomic mass is 10.2. The summed E-state index contributed by atoms with van der Waals surface area (Å²) in [5, 5.41) is 2.76. The highest BCUT2D eigenvalue weighted by Gasteiger charge is 2.22. The second-order valence-electron chi connectivity index (χ2n) is 6.55. The van der Waals surface area contributed by atoms with Gasteiger partial charge in [-0.15, -0.1) is 0 Å². The maximum Gasteiger partial charge on any atom is 0.265 e. The molecular formula is C21H28N2O6S. The Labute approximate surface area is 177 Å². The van der Waals surface area contributed by atoms with Gasteiger partial charge in [-0.05, 0) is 43.7 Å². The van der Waals surface area contributed by atoms with E-state index in [2.05, 4.69) is 10.0 Å². The van der Waals surface area contributed by atoms with Crippen LogP contribution in [0, 0.1) is 6.92 Å². The number of rotatable bonds is 12. The molecule has 0 aliphatic heterocycles. The number of hydrogen-bond acceptors (Lipinski definition) is 6. The number of anilines is 1. The maximum atomic E-state index is 12.9. The lowest BCUT2D eigenvalue weighted by Gasteiger charge is -2.13. The van der Waals surface area contributed by atoms with Crippen molar-refractivity contribution in [3.05, 3.63) is 53.6 Å². The van der Waals surface area contributed by atoms with Gasteiger partial charge in [-0.3, -0.25) is 9.52 Å². The van der Waals surface area contributed by atoms with Crippen LogP contribution in [0.2, 0.25) is 0 Å². The molecule has 0 aromatic heterocycles. The van der Waals surface area contributed by atoms with Gasteiger partial charge in [0.25, 0.3) is 15.9 Å². The summed E-state index contributed by atoms with van der Waals surface area (Å²) >= 11 is 0. The number of aryl methyl sites for hydroxylation is 1. The topological polar surface area (TPSA) is 103 Å². The summed E-state index contributed by atoms with van der Waals surface area (Å²) in [7, 11) is -0.971. The molecule has 2 aromatic rings. The van der Waals surface area contributed by atoms with Crippen molar-refractivity contribution in [3.63, 3.8) is 0 Å². The van der Waals surface area contributed by atoms with Crippen molar-refractivity contribution in [1.29, 1.82) is 0 Å². The van der Waals surface area contributed by atoms with Crippen molar-refractivity contribution >= 4 is 21.6 Å². The predicted molar refractivity (Wildman–Crippen MR) is 115 cm³/mol. The summed E-state index contributed by atoms with van der Waals surface area (Å²) in [4.78, 5) is 12.3. The molecule has 8 nitrogen and oxygen atoms in total. The van der Waals surface area contributed by atoms with E-state index in [4.69, 9.17) is 14.2 Å². The van der Waals surface area contributed by atoms with E-state index in [0.29, 0.717) is 38.5 Å². The highest BCUT2D eigenvalue weighted by Crippen LogP contribution is 2.27. The fourth-order valence-electron chi connectivity index (χ4n) is 2.58. The van der Waals surface area contributed by atoms with Crippen LogP contribution in [0.1, 0.15) is 22.3 Å². The van der Waals surface area contributed by atoms with E-state index in [1.54, 1.807) is 31.4 Å². The van der Waals surface area contributed by atoms with Crippen molar-refractivity contribution in [2.45, 2.75) is 18.2 Å². The molecule has 0 saturated heterocycles. The predicted octanol–water partition coefficient (Wildman–Crippen LogP) is 2.59. The van der Waals surface area contributed by atoms with Gasteiger partial charge >= 0.3 is 0 Å². The van der Waals surface area contributed by atoms with Gasteiger partial charge < -0.3 is 19.5 Å². The third-order valence-corrected chi connectivity index (χ3v) is 5.60. The fraction of sp³-hybridized carbons (Fsp3) is 0.381. The molecule has 0 spiro atoms. The highest BCUT2D eigenvalue weighted by atomic mass is 32.2. The average molecular weight is 437 g/mol. The minimum Gasteiger partial charge on any atom is -0.495 e. The average Bonchev–Trinajstić information content (AvgIpc) is 2.74. The van der Waals surface area contributed by atoms with Crippen LogP contribution < -0.4 is 14.8 Å². The van der Waals surface area contributed by atoms with Gasteiger partial charge in [0.2, 0.25) is 0 Å². The first-order valence-electron chi connectivity index (χ1n) is 9.50. The Morgan fingerprint density at radius 3 is 2.40 bits per heavy atom. The van der Waals surface area contributed by atoms with Crippen LogP contribution in [-0.4, -0.2) is 54.9 Å². The normalized spacial score (nSPS) is 11.2. The molecule has 2 aromatic carbocycles.